The van der Waals surface area contributed by atoms with E-state index in [0.29, 0.717) is 16.7 Å². The lowest BCUT2D eigenvalue weighted by molar-refractivity contribution is -0.291. The Hall–Kier alpha value is -3.97. The smallest absolute Gasteiger partial charge is 0.340 e. The van der Waals surface area contributed by atoms with Crippen molar-refractivity contribution in [1.29, 1.82) is 0 Å². The van der Waals surface area contributed by atoms with E-state index >= 15 is 0 Å². The van der Waals surface area contributed by atoms with Crippen molar-refractivity contribution >= 4 is 17.9 Å². The Morgan fingerprint density at radius 1 is 0.611 bits per heavy atom. The van der Waals surface area contributed by atoms with Gasteiger partial charge < -0.3 is 18.9 Å². The SMILES string of the molecule is C[C@@H]1[C@@H](OC(=O)c2ccccc2)[C@@H](OC(=O)c2ccccc2)[C@H](OC(=O)c2ccccc2)OC1(C)C. The Kier molecular flexibility index (Phi) is 7.50. The van der Waals surface area contributed by atoms with Crippen LogP contribution in [-0.4, -0.2) is 42.0 Å². The van der Waals surface area contributed by atoms with E-state index in [2.05, 4.69) is 0 Å². The topological polar surface area (TPSA) is 88.1 Å². The summed E-state index contributed by atoms with van der Waals surface area (Å²) < 4.78 is 23.6. The fraction of sp³-hybridized carbons (Fsp3) is 0.276. The summed E-state index contributed by atoms with van der Waals surface area (Å²) in [6, 6.07) is 25.3. The van der Waals surface area contributed by atoms with Crippen molar-refractivity contribution in [3.8, 4) is 0 Å². The predicted molar refractivity (Wildman–Crippen MR) is 131 cm³/mol. The van der Waals surface area contributed by atoms with Gasteiger partial charge in [-0.25, -0.2) is 14.4 Å². The average Bonchev–Trinajstić information content (AvgIpc) is 2.90. The van der Waals surface area contributed by atoms with Gasteiger partial charge in [0, 0.05) is 5.92 Å². The van der Waals surface area contributed by atoms with E-state index in [1.807, 2.05) is 6.92 Å². The lowest BCUT2D eigenvalue weighted by Gasteiger charge is -2.48. The third-order valence-corrected chi connectivity index (χ3v) is 6.34. The van der Waals surface area contributed by atoms with E-state index in [1.54, 1.807) is 105 Å². The van der Waals surface area contributed by atoms with Crippen LogP contribution in [0.5, 0.6) is 0 Å². The zero-order chi connectivity index (χ0) is 25.7. The number of hydrogen-bond donors (Lipinski definition) is 0. The number of carbonyl (C=O) groups excluding carboxylic acids is 3. The molecule has 1 heterocycles. The van der Waals surface area contributed by atoms with Gasteiger partial charge in [0.05, 0.1) is 22.3 Å². The molecule has 0 unspecified atom stereocenters. The van der Waals surface area contributed by atoms with Crippen molar-refractivity contribution in [1.82, 2.24) is 0 Å². The maximum atomic E-state index is 13.0. The Morgan fingerprint density at radius 3 is 1.39 bits per heavy atom. The summed E-state index contributed by atoms with van der Waals surface area (Å²) in [6.45, 7) is 5.45. The highest BCUT2D eigenvalue weighted by Crippen LogP contribution is 2.38. The van der Waals surface area contributed by atoms with E-state index in [-0.39, 0.29) is 0 Å². The van der Waals surface area contributed by atoms with E-state index in [0.717, 1.165) is 0 Å². The van der Waals surface area contributed by atoms with Gasteiger partial charge in [0.15, 0.2) is 6.10 Å². The molecular formula is C29H28O7. The molecule has 0 saturated carbocycles. The first-order valence-corrected chi connectivity index (χ1v) is 11.7. The lowest BCUT2D eigenvalue weighted by atomic mass is 9.82. The fourth-order valence-corrected chi connectivity index (χ4v) is 3.97. The molecule has 4 rings (SSSR count). The molecule has 3 aromatic carbocycles. The highest BCUT2D eigenvalue weighted by Gasteiger charge is 2.53. The number of ether oxygens (including phenoxy) is 4. The number of benzene rings is 3. The molecule has 186 valence electrons. The summed E-state index contributed by atoms with van der Waals surface area (Å²) in [5.41, 5.74) is 0.0820. The second-order valence-electron chi connectivity index (χ2n) is 9.12. The van der Waals surface area contributed by atoms with Gasteiger partial charge in [0.25, 0.3) is 0 Å². The van der Waals surface area contributed by atoms with Crippen LogP contribution in [0.1, 0.15) is 51.8 Å². The lowest BCUT2D eigenvalue weighted by Crippen LogP contribution is -2.61. The standard InChI is InChI=1S/C29H28O7/c1-19-23(33-25(30)20-13-7-4-8-14-20)24(34-26(31)21-15-9-5-10-16-21)28(36-29(19,2)3)35-27(32)22-17-11-6-12-18-22/h4-19,23-24,28H,1-3H3/t19-,23-,24-,28-/m1/s1. The van der Waals surface area contributed by atoms with Gasteiger partial charge in [-0.15, -0.1) is 0 Å². The van der Waals surface area contributed by atoms with Crippen LogP contribution in [0.3, 0.4) is 0 Å². The van der Waals surface area contributed by atoms with Gasteiger partial charge in [-0.1, -0.05) is 61.5 Å². The summed E-state index contributed by atoms with van der Waals surface area (Å²) in [6.07, 6.45) is -3.48. The van der Waals surface area contributed by atoms with Crippen LogP contribution in [0.15, 0.2) is 91.0 Å². The first-order valence-electron chi connectivity index (χ1n) is 11.7. The molecule has 0 aromatic heterocycles. The van der Waals surface area contributed by atoms with Crippen LogP contribution >= 0.6 is 0 Å². The molecule has 0 N–H and O–H groups in total. The summed E-state index contributed by atoms with van der Waals surface area (Å²) >= 11 is 0. The van der Waals surface area contributed by atoms with Gasteiger partial charge in [-0.3, -0.25) is 0 Å². The number of carbonyl (C=O) groups is 3. The van der Waals surface area contributed by atoms with Crippen LogP contribution in [0.4, 0.5) is 0 Å². The van der Waals surface area contributed by atoms with Crippen molar-refractivity contribution < 1.29 is 33.3 Å². The zero-order valence-corrected chi connectivity index (χ0v) is 20.3. The van der Waals surface area contributed by atoms with Gasteiger partial charge in [0.2, 0.25) is 12.4 Å². The average molecular weight is 489 g/mol. The summed E-state index contributed by atoms with van der Waals surface area (Å²) in [5, 5.41) is 0. The van der Waals surface area contributed by atoms with Crippen molar-refractivity contribution in [2.45, 2.75) is 44.9 Å². The molecular weight excluding hydrogens is 460 g/mol. The molecule has 0 radical (unpaired) electrons. The van der Waals surface area contributed by atoms with Crippen LogP contribution < -0.4 is 0 Å². The highest BCUT2D eigenvalue weighted by atomic mass is 16.7. The molecule has 3 aromatic rings. The van der Waals surface area contributed by atoms with Crippen LogP contribution in [0.25, 0.3) is 0 Å². The second kappa shape index (κ2) is 10.7. The van der Waals surface area contributed by atoms with Crippen LogP contribution in [0.2, 0.25) is 0 Å². The third-order valence-electron chi connectivity index (χ3n) is 6.34. The van der Waals surface area contributed by atoms with E-state index < -0.39 is 47.9 Å². The quantitative estimate of drug-likeness (QED) is 0.354. The van der Waals surface area contributed by atoms with Crippen molar-refractivity contribution in [3.63, 3.8) is 0 Å². The maximum Gasteiger partial charge on any atom is 0.340 e. The summed E-state index contributed by atoms with van der Waals surface area (Å²) in [5.74, 6) is -2.30. The molecule has 36 heavy (non-hydrogen) atoms. The molecule has 1 saturated heterocycles. The normalized spacial score (nSPS) is 22.8. The first kappa shape index (κ1) is 25.1. The molecule has 1 fully saturated rings. The summed E-state index contributed by atoms with van der Waals surface area (Å²) in [4.78, 5) is 38.9. The molecule has 0 bridgehead atoms. The number of rotatable bonds is 6. The zero-order valence-electron chi connectivity index (χ0n) is 20.3. The molecule has 0 amide bonds. The molecule has 7 heteroatoms. The first-order chi connectivity index (χ1) is 17.3. The molecule has 0 spiro atoms. The van der Waals surface area contributed by atoms with Crippen molar-refractivity contribution in [2.75, 3.05) is 0 Å². The highest BCUT2D eigenvalue weighted by molar-refractivity contribution is 5.91. The molecule has 4 atom stereocenters. The minimum atomic E-state index is -1.31. The van der Waals surface area contributed by atoms with Gasteiger partial charge in [-0.05, 0) is 50.2 Å². The van der Waals surface area contributed by atoms with Gasteiger partial charge in [0.1, 0.15) is 0 Å². The maximum absolute atomic E-state index is 13.0. The van der Waals surface area contributed by atoms with Crippen LogP contribution in [0, 0.1) is 5.92 Å². The van der Waals surface area contributed by atoms with Gasteiger partial charge >= 0.3 is 17.9 Å². The van der Waals surface area contributed by atoms with Crippen molar-refractivity contribution in [3.05, 3.63) is 108 Å². The largest absolute Gasteiger partial charge is 0.454 e. The van der Waals surface area contributed by atoms with Crippen molar-refractivity contribution in [2.24, 2.45) is 5.92 Å². The molecule has 0 aliphatic carbocycles. The minimum Gasteiger partial charge on any atom is -0.454 e. The summed E-state index contributed by atoms with van der Waals surface area (Å²) in [7, 11) is 0. The third kappa shape index (κ3) is 5.63. The molecule has 7 nitrogen and oxygen atoms in total. The predicted octanol–water partition coefficient (Wildman–Crippen LogP) is 5.07. The molecule has 1 aliphatic rings. The van der Waals surface area contributed by atoms with E-state index in [4.69, 9.17) is 18.9 Å². The monoisotopic (exact) mass is 488 g/mol. The minimum absolute atomic E-state index is 0.302. The van der Waals surface area contributed by atoms with E-state index in [9.17, 15) is 14.4 Å². The van der Waals surface area contributed by atoms with E-state index in [1.165, 1.54) is 0 Å². The number of hydrogen-bond acceptors (Lipinski definition) is 7. The van der Waals surface area contributed by atoms with Gasteiger partial charge in [-0.2, -0.15) is 0 Å². The van der Waals surface area contributed by atoms with Crippen LogP contribution in [-0.2, 0) is 18.9 Å². The number of esters is 3. The Balaban J connectivity index is 1.67. The second-order valence-corrected chi connectivity index (χ2v) is 9.12. The Bertz CT molecular complexity index is 1190. The Labute approximate surface area is 209 Å². The molecule has 1 aliphatic heterocycles. The fourth-order valence-electron chi connectivity index (χ4n) is 3.97. The Morgan fingerprint density at radius 2 is 0.972 bits per heavy atom.